The molecule has 0 unspecified atom stereocenters. The Labute approximate surface area is 94.6 Å². The molecular formula is C11H16N4O. The number of urea groups is 1. The first-order valence-electron chi connectivity index (χ1n) is 5.47. The van der Waals surface area contributed by atoms with E-state index in [-0.39, 0.29) is 6.04 Å². The number of piperidine rings is 1. The second-order valence-electron chi connectivity index (χ2n) is 3.96. The molecule has 1 saturated heterocycles. The molecule has 0 spiro atoms. The van der Waals surface area contributed by atoms with Crippen molar-refractivity contribution >= 4 is 11.8 Å². The average molecular weight is 220 g/mol. The summed E-state index contributed by atoms with van der Waals surface area (Å²) in [7, 11) is 0. The van der Waals surface area contributed by atoms with Crippen molar-refractivity contribution in [3.63, 3.8) is 0 Å². The third kappa shape index (κ3) is 2.62. The fraction of sp³-hybridized carbons (Fsp3) is 0.455. The summed E-state index contributed by atoms with van der Waals surface area (Å²) in [6, 6.07) is 5.66. The number of amides is 2. The van der Waals surface area contributed by atoms with Crippen LogP contribution >= 0.6 is 0 Å². The number of pyridine rings is 1. The lowest BCUT2D eigenvalue weighted by Crippen LogP contribution is -2.46. The van der Waals surface area contributed by atoms with E-state index in [9.17, 15) is 4.79 Å². The maximum Gasteiger partial charge on any atom is 0.312 e. The minimum absolute atomic E-state index is 0.206. The van der Waals surface area contributed by atoms with E-state index in [4.69, 9.17) is 5.73 Å². The molecule has 0 saturated carbocycles. The number of carbonyl (C=O) groups is 1. The topological polar surface area (TPSA) is 71.2 Å². The minimum atomic E-state index is -0.434. The summed E-state index contributed by atoms with van der Waals surface area (Å²) in [6.07, 6.45) is 3.63. The van der Waals surface area contributed by atoms with Crippen molar-refractivity contribution in [2.75, 3.05) is 18.0 Å². The van der Waals surface area contributed by atoms with Gasteiger partial charge in [0.2, 0.25) is 0 Å². The second kappa shape index (κ2) is 4.83. The van der Waals surface area contributed by atoms with Crippen LogP contribution in [0.2, 0.25) is 0 Å². The second-order valence-corrected chi connectivity index (χ2v) is 3.96. The normalized spacial score (nSPS) is 17.1. The Morgan fingerprint density at radius 1 is 1.44 bits per heavy atom. The zero-order valence-electron chi connectivity index (χ0n) is 9.10. The lowest BCUT2D eigenvalue weighted by molar-refractivity contribution is 0.242. The molecule has 0 atom stereocenters. The van der Waals surface area contributed by atoms with Crippen molar-refractivity contribution < 1.29 is 4.79 Å². The molecule has 1 aliphatic rings. The molecule has 0 aliphatic carbocycles. The molecule has 1 fully saturated rings. The lowest BCUT2D eigenvalue weighted by atomic mass is 10.1. The number of hydrogen-bond acceptors (Lipinski definition) is 3. The van der Waals surface area contributed by atoms with Gasteiger partial charge in [-0.05, 0) is 25.0 Å². The van der Waals surface area contributed by atoms with E-state index >= 15 is 0 Å². The number of nitrogens with zero attached hydrogens (tertiary/aromatic N) is 2. The first-order valence-corrected chi connectivity index (χ1v) is 5.47. The Morgan fingerprint density at radius 2 is 2.19 bits per heavy atom. The van der Waals surface area contributed by atoms with Gasteiger partial charge in [-0.1, -0.05) is 6.07 Å². The van der Waals surface area contributed by atoms with Gasteiger partial charge in [0.15, 0.2) is 0 Å². The number of anilines is 1. The molecule has 86 valence electrons. The van der Waals surface area contributed by atoms with Crippen LogP contribution in [0.15, 0.2) is 24.4 Å². The van der Waals surface area contributed by atoms with Gasteiger partial charge in [0.25, 0.3) is 0 Å². The van der Waals surface area contributed by atoms with Crippen molar-refractivity contribution in [1.82, 2.24) is 10.3 Å². The third-order valence-electron chi connectivity index (χ3n) is 2.81. The highest BCUT2D eigenvalue weighted by atomic mass is 16.2. The molecule has 5 heteroatoms. The van der Waals surface area contributed by atoms with Crippen LogP contribution in [0.1, 0.15) is 12.8 Å². The van der Waals surface area contributed by atoms with Crippen LogP contribution in [-0.4, -0.2) is 30.1 Å². The maximum atomic E-state index is 10.7. The van der Waals surface area contributed by atoms with E-state index in [2.05, 4.69) is 15.2 Å². The molecule has 2 heterocycles. The van der Waals surface area contributed by atoms with Gasteiger partial charge in [-0.15, -0.1) is 0 Å². The molecule has 0 radical (unpaired) electrons. The van der Waals surface area contributed by atoms with Gasteiger partial charge in [0.05, 0.1) is 0 Å². The average Bonchev–Trinajstić information content (AvgIpc) is 2.30. The highest BCUT2D eigenvalue weighted by Gasteiger charge is 2.20. The van der Waals surface area contributed by atoms with Gasteiger partial charge >= 0.3 is 6.03 Å². The summed E-state index contributed by atoms with van der Waals surface area (Å²) >= 11 is 0. The molecule has 0 bridgehead atoms. The predicted molar refractivity (Wildman–Crippen MR) is 62.2 cm³/mol. The van der Waals surface area contributed by atoms with Crippen molar-refractivity contribution in [3.8, 4) is 0 Å². The van der Waals surface area contributed by atoms with Gasteiger partial charge in [-0.25, -0.2) is 9.78 Å². The Balaban J connectivity index is 1.88. The smallest absolute Gasteiger partial charge is 0.312 e. The predicted octanol–water partition coefficient (Wildman–Crippen LogP) is 0.719. The van der Waals surface area contributed by atoms with Gasteiger partial charge < -0.3 is 16.0 Å². The molecule has 1 aromatic rings. The molecule has 1 aliphatic heterocycles. The number of primary amides is 1. The first kappa shape index (κ1) is 10.7. The van der Waals surface area contributed by atoms with Crippen LogP contribution in [0, 0.1) is 0 Å². The first-order chi connectivity index (χ1) is 7.75. The lowest BCUT2D eigenvalue weighted by Gasteiger charge is -2.32. The molecule has 2 amide bonds. The fourth-order valence-electron chi connectivity index (χ4n) is 1.99. The standard InChI is InChI=1S/C11H16N4O/c12-11(16)14-9-4-7-15(8-5-9)10-3-1-2-6-13-10/h1-3,6,9H,4-5,7-8H2,(H3,12,14,16). The van der Waals surface area contributed by atoms with E-state index in [0.717, 1.165) is 31.7 Å². The van der Waals surface area contributed by atoms with Crippen molar-refractivity contribution in [1.29, 1.82) is 0 Å². The zero-order chi connectivity index (χ0) is 11.4. The number of nitrogens with one attached hydrogen (secondary N) is 1. The summed E-state index contributed by atoms with van der Waals surface area (Å²) in [5, 5.41) is 2.75. The summed E-state index contributed by atoms with van der Waals surface area (Å²) in [5.74, 6) is 1.00. The number of carbonyl (C=O) groups excluding carboxylic acids is 1. The van der Waals surface area contributed by atoms with Crippen LogP contribution in [0.3, 0.4) is 0 Å². The number of nitrogens with two attached hydrogens (primary N) is 1. The van der Waals surface area contributed by atoms with E-state index in [1.807, 2.05) is 18.2 Å². The highest BCUT2D eigenvalue weighted by molar-refractivity contribution is 5.72. The van der Waals surface area contributed by atoms with Crippen molar-refractivity contribution in [3.05, 3.63) is 24.4 Å². The molecule has 16 heavy (non-hydrogen) atoms. The van der Waals surface area contributed by atoms with Crippen LogP contribution in [0.4, 0.5) is 10.6 Å². The quantitative estimate of drug-likeness (QED) is 0.771. The SMILES string of the molecule is NC(=O)NC1CCN(c2ccccn2)CC1. The molecule has 0 aromatic carbocycles. The van der Waals surface area contributed by atoms with E-state index < -0.39 is 6.03 Å². The maximum absolute atomic E-state index is 10.7. The highest BCUT2D eigenvalue weighted by Crippen LogP contribution is 2.16. The summed E-state index contributed by atoms with van der Waals surface area (Å²) in [5.41, 5.74) is 5.09. The van der Waals surface area contributed by atoms with E-state index in [1.165, 1.54) is 0 Å². The third-order valence-corrected chi connectivity index (χ3v) is 2.81. The van der Waals surface area contributed by atoms with Crippen LogP contribution in [-0.2, 0) is 0 Å². The van der Waals surface area contributed by atoms with Gasteiger partial charge in [-0.2, -0.15) is 0 Å². The number of rotatable bonds is 2. The van der Waals surface area contributed by atoms with Crippen molar-refractivity contribution in [2.24, 2.45) is 5.73 Å². The Hall–Kier alpha value is -1.78. The summed E-state index contributed by atoms with van der Waals surface area (Å²) < 4.78 is 0. The summed E-state index contributed by atoms with van der Waals surface area (Å²) in [4.78, 5) is 17.2. The Bertz CT molecular complexity index is 346. The van der Waals surface area contributed by atoms with Gasteiger partial charge in [0.1, 0.15) is 5.82 Å². The monoisotopic (exact) mass is 220 g/mol. The van der Waals surface area contributed by atoms with Gasteiger partial charge in [-0.3, -0.25) is 0 Å². The fourth-order valence-corrected chi connectivity index (χ4v) is 1.99. The molecule has 5 nitrogen and oxygen atoms in total. The molecule has 2 rings (SSSR count). The Morgan fingerprint density at radius 3 is 2.75 bits per heavy atom. The summed E-state index contributed by atoms with van der Waals surface area (Å²) in [6.45, 7) is 1.81. The van der Waals surface area contributed by atoms with Crippen LogP contribution in [0.25, 0.3) is 0 Å². The molecule has 1 aromatic heterocycles. The van der Waals surface area contributed by atoms with Gasteiger partial charge in [0, 0.05) is 25.3 Å². The molecular weight excluding hydrogens is 204 g/mol. The largest absolute Gasteiger partial charge is 0.356 e. The van der Waals surface area contributed by atoms with Crippen molar-refractivity contribution in [2.45, 2.75) is 18.9 Å². The van der Waals surface area contributed by atoms with Crippen LogP contribution in [0.5, 0.6) is 0 Å². The number of hydrogen-bond donors (Lipinski definition) is 2. The minimum Gasteiger partial charge on any atom is -0.356 e. The molecule has 3 N–H and O–H groups in total. The Kier molecular flexibility index (Phi) is 3.24. The van der Waals surface area contributed by atoms with E-state index in [1.54, 1.807) is 6.20 Å². The van der Waals surface area contributed by atoms with Crippen LogP contribution < -0.4 is 16.0 Å². The number of aromatic nitrogens is 1. The zero-order valence-corrected chi connectivity index (χ0v) is 9.10. The van der Waals surface area contributed by atoms with E-state index in [0.29, 0.717) is 0 Å².